The third-order valence-electron chi connectivity index (χ3n) is 6.21. The maximum absolute atomic E-state index is 14.9. The highest BCUT2D eigenvalue weighted by Gasteiger charge is 2.25. The van der Waals surface area contributed by atoms with Gasteiger partial charge in [0.15, 0.2) is 11.6 Å². The van der Waals surface area contributed by atoms with E-state index in [9.17, 15) is 13.2 Å². The first-order chi connectivity index (χ1) is 14.5. The molecular formula is C26H33F3O. The smallest absolute Gasteiger partial charge is 0.166 e. The molecule has 0 aliphatic carbocycles. The molecule has 1 aliphatic rings. The van der Waals surface area contributed by atoms with E-state index in [-0.39, 0.29) is 23.4 Å². The molecule has 2 aromatic rings. The van der Waals surface area contributed by atoms with Crippen molar-refractivity contribution in [1.82, 2.24) is 0 Å². The molecule has 3 rings (SSSR count). The molecule has 0 aromatic heterocycles. The molecule has 0 bridgehead atoms. The molecule has 4 heteroatoms. The topological polar surface area (TPSA) is 9.23 Å². The highest BCUT2D eigenvalue weighted by atomic mass is 19.2. The van der Waals surface area contributed by atoms with Gasteiger partial charge < -0.3 is 4.74 Å². The van der Waals surface area contributed by atoms with Gasteiger partial charge in [-0.05, 0) is 54.9 Å². The van der Waals surface area contributed by atoms with Crippen LogP contribution in [0.2, 0.25) is 0 Å². The predicted octanol–water partition coefficient (Wildman–Crippen LogP) is 7.96. The Bertz CT molecular complexity index is 825. The van der Waals surface area contributed by atoms with Crippen molar-refractivity contribution in [2.45, 2.75) is 83.7 Å². The Morgan fingerprint density at radius 3 is 2.37 bits per heavy atom. The minimum Gasteiger partial charge on any atom is -0.378 e. The van der Waals surface area contributed by atoms with Crippen LogP contribution in [0.1, 0.15) is 82.3 Å². The molecule has 0 saturated carbocycles. The van der Waals surface area contributed by atoms with Crippen molar-refractivity contribution in [1.29, 1.82) is 0 Å². The largest absolute Gasteiger partial charge is 0.378 e. The summed E-state index contributed by atoms with van der Waals surface area (Å²) in [5.41, 5.74) is 1.45. The molecule has 1 fully saturated rings. The molecule has 1 nitrogen and oxygen atoms in total. The summed E-state index contributed by atoms with van der Waals surface area (Å²) >= 11 is 0. The van der Waals surface area contributed by atoms with E-state index in [1.807, 2.05) is 6.92 Å². The Morgan fingerprint density at radius 2 is 1.70 bits per heavy atom. The van der Waals surface area contributed by atoms with Crippen LogP contribution in [-0.4, -0.2) is 12.7 Å². The maximum atomic E-state index is 14.9. The van der Waals surface area contributed by atoms with E-state index >= 15 is 0 Å². The van der Waals surface area contributed by atoms with Gasteiger partial charge in [-0.25, -0.2) is 13.2 Å². The van der Waals surface area contributed by atoms with Gasteiger partial charge in [-0.2, -0.15) is 0 Å². The third-order valence-corrected chi connectivity index (χ3v) is 6.21. The Balaban J connectivity index is 1.70. The molecule has 1 aliphatic heterocycles. The quantitative estimate of drug-likeness (QED) is 0.375. The lowest BCUT2D eigenvalue weighted by Crippen LogP contribution is -2.25. The zero-order chi connectivity index (χ0) is 21.5. The fraction of sp³-hybridized carbons (Fsp3) is 0.538. The average molecular weight is 419 g/mol. The van der Waals surface area contributed by atoms with Crippen LogP contribution in [0, 0.1) is 17.5 Å². The first-order valence-corrected chi connectivity index (χ1v) is 11.4. The first kappa shape index (κ1) is 22.9. The summed E-state index contributed by atoms with van der Waals surface area (Å²) in [6, 6.07) is 7.89. The fourth-order valence-electron chi connectivity index (χ4n) is 4.30. The summed E-state index contributed by atoms with van der Waals surface area (Å²) in [5, 5.41) is 0. The first-order valence-electron chi connectivity index (χ1n) is 11.4. The number of ether oxygens (including phenoxy) is 1. The molecule has 0 amide bonds. The van der Waals surface area contributed by atoms with Gasteiger partial charge in [0.25, 0.3) is 0 Å². The Labute approximate surface area is 178 Å². The van der Waals surface area contributed by atoms with Gasteiger partial charge in [0, 0.05) is 11.5 Å². The Hall–Kier alpha value is -1.81. The minimum atomic E-state index is -0.897. The normalized spacial score (nSPS) is 19.2. The minimum absolute atomic E-state index is 0.0134. The lowest BCUT2D eigenvalue weighted by Gasteiger charge is -2.29. The number of unbranched alkanes of at least 4 members (excludes halogenated alkanes) is 3. The molecule has 0 N–H and O–H groups in total. The molecule has 2 aromatic carbocycles. The Morgan fingerprint density at radius 1 is 0.900 bits per heavy atom. The lowest BCUT2D eigenvalue weighted by atomic mass is 9.88. The average Bonchev–Trinajstić information content (AvgIpc) is 2.75. The van der Waals surface area contributed by atoms with Crippen molar-refractivity contribution in [3.8, 4) is 11.1 Å². The lowest BCUT2D eigenvalue weighted by molar-refractivity contribution is -0.00267. The van der Waals surface area contributed by atoms with Gasteiger partial charge >= 0.3 is 0 Å². The highest BCUT2D eigenvalue weighted by Crippen LogP contribution is 2.34. The van der Waals surface area contributed by atoms with Crippen molar-refractivity contribution < 1.29 is 17.9 Å². The predicted molar refractivity (Wildman–Crippen MR) is 116 cm³/mol. The van der Waals surface area contributed by atoms with Gasteiger partial charge in [-0.1, -0.05) is 63.8 Å². The van der Waals surface area contributed by atoms with Gasteiger partial charge in [0.1, 0.15) is 5.82 Å². The maximum Gasteiger partial charge on any atom is 0.166 e. The zero-order valence-corrected chi connectivity index (χ0v) is 18.2. The summed E-state index contributed by atoms with van der Waals surface area (Å²) in [5.74, 6) is -2.08. The molecule has 2 atom stereocenters. The van der Waals surface area contributed by atoms with Crippen LogP contribution in [0.4, 0.5) is 13.2 Å². The summed E-state index contributed by atoms with van der Waals surface area (Å²) in [7, 11) is 0. The summed E-state index contributed by atoms with van der Waals surface area (Å²) < 4.78 is 49.9. The van der Waals surface area contributed by atoms with Crippen LogP contribution in [0.5, 0.6) is 0 Å². The van der Waals surface area contributed by atoms with Crippen molar-refractivity contribution in [2.75, 3.05) is 6.61 Å². The van der Waals surface area contributed by atoms with E-state index < -0.39 is 11.6 Å². The summed E-state index contributed by atoms with van der Waals surface area (Å²) in [6.07, 6.45) is 9.00. The molecule has 2 unspecified atom stereocenters. The van der Waals surface area contributed by atoms with E-state index in [2.05, 4.69) is 6.92 Å². The second-order valence-electron chi connectivity index (χ2n) is 8.47. The van der Waals surface area contributed by atoms with E-state index in [1.165, 1.54) is 25.3 Å². The zero-order valence-electron chi connectivity index (χ0n) is 18.2. The fourth-order valence-corrected chi connectivity index (χ4v) is 4.30. The molecule has 1 heterocycles. The number of hydrogen-bond donors (Lipinski definition) is 0. The summed E-state index contributed by atoms with van der Waals surface area (Å²) in [4.78, 5) is 0. The van der Waals surface area contributed by atoms with Crippen molar-refractivity contribution >= 4 is 0 Å². The van der Waals surface area contributed by atoms with Crippen molar-refractivity contribution in [3.63, 3.8) is 0 Å². The van der Waals surface area contributed by atoms with Gasteiger partial charge in [0.05, 0.1) is 12.7 Å². The third kappa shape index (κ3) is 5.46. The van der Waals surface area contributed by atoms with Gasteiger partial charge in [-0.15, -0.1) is 0 Å². The van der Waals surface area contributed by atoms with Crippen molar-refractivity contribution in [2.24, 2.45) is 0 Å². The second kappa shape index (κ2) is 11.0. The molecular weight excluding hydrogens is 385 g/mol. The molecule has 0 radical (unpaired) electrons. The van der Waals surface area contributed by atoms with Crippen LogP contribution in [0.15, 0.2) is 30.3 Å². The van der Waals surface area contributed by atoms with E-state index in [0.29, 0.717) is 29.7 Å². The standard InChI is InChI=1S/C26H33F3O/c1-3-5-7-9-21-13-10-20(17-30-21)22-14-12-19(16-24(22)27)23-15-11-18(8-6-4-2)25(28)26(23)29/h11-12,14-16,20-21H,3-10,13,17H2,1-2H3. The number of hydrogen-bond acceptors (Lipinski definition) is 1. The molecule has 30 heavy (non-hydrogen) atoms. The van der Waals surface area contributed by atoms with Crippen LogP contribution < -0.4 is 0 Å². The van der Waals surface area contributed by atoms with Gasteiger partial charge in [0.2, 0.25) is 0 Å². The Kier molecular flexibility index (Phi) is 8.38. The molecule has 0 spiro atoms. The summed E-state index contributed by atoms with van der Waals surface area (Å²) in [6.45, 7) is 4.71. The van der Waals surface area contributed by atoms with Crippen LogP contribution in [0.3, 0.4) is 0 Å². The van der Waals surface area contributed by atoms with E-state index in [0.717, 1.165) is 32.1 Å². The highest BCUT2D eigenvalue weighted by molar-refractivity contribution is 5.65. The van der Waals surface area contributed by atoms with Crippen LogP contribution in [-0.2, 0) is 11.2 Å². The van der Waals surface area contributed by atoms with E-state index in [4.69, 9.17) is 4.74 Å². The number of benzene rings is 2. The van der Waals surface area contributed by atoms with Crippen molar-refractivity contribution in [3.05, 3.63) is 58.9 Å². The number of rotatable bonds is 9. The van der Waals surface area contributed by atoms with Gasteiger partial charge in [-0.3, -0.25) is 0 Å². The number of aryl methyl sites for hydroxylation is 1. The SMILES string of the molecule is CCCCCC1CCC(c2ccc(-c3ccc(CCCC)c(F)c3F)cc2F)CO1. The monoisotopic (exact) mass is 418 g/mol. The number of halogens is 3. The second-order valence-corrected chi connectivity index (χ2v) is 8.47. The van der Waals surface area contributed by atoms with Crippen LogP contribution in [0.25, 0.3) is 11.1 Å². The van der Waals surface area contributed by atoms with E-state index in [1.54, 1.807) is 24.3 Å². The molecule has 164 valence electrons. The molecule has 1 saturated heterocycles. The van der Waals surface area contributed by atoms with Crippen LogP contribution >= 0.6 is 0 Å².